The highest BCUT2D eigenvalue weighted by molar-refractivity contribution is 5.37. The first-order chi connectivity index (χ1) is 8.24. The lowest BCUT2D eigenvalue weighted by Gasteiger charge is -2.17. The normalized spacial score (nSPS) is 12.3. The van der Waals surface area contributed by atoms with Crippen LogP contribution in [0.3, 0.4) is 0 Å². The van der Waals surface area contributed by atoms with E-state index in [1.54, 1.807) is 19.1 Å². The first-order valence-corrected chi connectivity index (χ1v) is 5.63. The molecular weight excluding hydrogens is 248 g/mol. The van der Waals surface area contributed by atoms with Crippen LogP contribution in [-0.4, -0.2) is 19.0 Å². The molecule has 0 atom stereocenters. The molecule has 0 saturated heterocycles. The van der Waals surface area contributed by atoms with Crippen LogP contribution in [0.15, 0.2) is 18.2 Å². The smallest absolute Gasteiger partial charge is 0.340 e. The zero-order chi connectivity index (χ0) is 13.9. The second-order valence-corrected chi connectivity index (χ2v) is 4.53. The third-order valence-electron chi connectivity index (χ3n) is 2.61. The van der Waals surface area contributed by atoms with Crippen molar-refractivity contribution in [1.29, 1.82) is 0 Å². The number of hydrogen-bond acceptors (Lipinski definition) is 1. The van der Waals surface area contributed by atoms with Gasteiger partial charge in [0.15, 0.2) is 6.61 Å². The number of ether oxygens (including phenoxy) is 1. The second-order valence-electron chi connectivity index (χ2n) is 4.53. The summed E-state index contributed by atoms with van der Waals surface area (Å²) in [5.41, 5.74) is 1.70. The Hall–Kier alpha value is -1.26. The van der Waals surface area contributed by atoms with Gasteiger partial charge < -0.3 is 4.74 Å². The number of benzene rings is 1. The molecule has 0 aromatic heterocycles. The fourth-order valence-corrected chi connectivity index (χ4v) is 1.43. The Morgan fingerprint density at radius 3 is 2.28 bits per heavy atom. The molecule has 1 nitrogen and oxygen atoms in total. The predicted molar refractivity (Wildman–Crippen MR) is 61.7 cm³/mol. The molecule has 0 N–H and O–H groups in total. The summed E-state index contributed by atoms with van der Waals surface area (Å²) in [6, 6.07) is 5.08. The number of rotatable bonds is 5. The van der Waals surface area contributed by atoms with Gasteiger partial charge in [-0.25, -0.2) is 8.78 Å². The van der Waals surface area contributed by atoms with Gasteiger partial charge in [0.05, 0.1) is 0 Å². The highest BCUT2D eigenvalue weighted by Crippen LogP contribution is 2.27. The van der Waals surface area contributed by atoms with Crippen molar-refractivity contribution in [1.82, 2.24) is 0 Å². The van der Waals surface area contributed by atoms with Crippen molar-refractivity contribution in [2.75, 3.05) is 6.61 Å². The van der Waals surface area contributed by atoms with Gasteiger partial charge >= 0.3 is 12.3 Å². The molecule has 0 bridgehead atoms. The summed E-state index contributed by atoms with van der Waals surface area (Å²) in [4.78, 5) is 0. The maximum absolute atomic E-state index is 12.7. The molecule has 0 aliphatic heterocycles. The van der Waals surface area contributed by atoms with Gasteiger partial charge in [0.1, 0.15) is 5.75 Å². The minimum atomic E-state index is -4.12. The van der Waals surface area contributed by atoms with Crippen LogP contribution in [0.5, 0.6) is 5.75 Å². The van der Waals surface area contributed by atoms with Crippen LogP contribution in [0, 0.1) is 6.92 Å². The van der Waals surface area contributed by atoms with E-state index in [0.717, 1.165) is 5.56 Å². The van der Waals surface area contributed by atoms with Gasteiger partial charge in [-0.1, -0.05) is 26.0 Å². The molecule has 102 valence electrons. The molecule has 0 spiro atoms. The number of alkyl halides is 4. The van der Waals surface area contributed by atoms with Crippen molar-refractivity contribution in [3.8, 4) is 5.75 Å². The van der Waals surface area contributed by atoms with Crippen molar-refractivity contribution >= 4 is 0 Å². The fourth-order valence-electron chi connectivity index (χ4n) is 1.43. The van der Waals surface area contributed by atoms with Crippen LogP contribution >= 0.6 is 0 Å². The Morgan fingerprint density at radius 2 is 1.83 bits per heavy atom. The van der Waals surface area contributed by atoms with Gasteiger partial charge in [-0.2, -0.15) is 8.78 Å². The molecule has 1 aromatic rings. The molecule has 0 aliphatic rings. The summed E-state index contributed by atoms with van der Waals surface area (Å²) in [5, 5.41) is 0. The maximum Gasteiger partial charge on any atom is 0.340 e. The van der Waals surface area contributed by atoms with E-state index in [1.807, 2.05) is 13.8 Å². The molecule has 0 fully saturated rings. The molecule has 1 aromatic carbocycles. The zero-order valence-electron chi connectivity index (χ0n) is 10.5. The van der Waals surface area contributed by atoms with Gasteiger partial charge in [-0.15, -0.1) is 0 Å². The van der Waals surface area contributed by atoms with Gasteiger partial charge in [0.25, 0.3) is 0 Å². The average molecular weight is 264 g/mol. The van der Waals surface area contributed by atoms with Crippen molar-refractivity contribution in [2.45, 2.75) is 39.0 Å². The standard InChI is InChI=1S/C13H16F4O/c1-8(2)10-4-5-11(9(3)6-10)18-7-13(16,17)12(14)15/h4-6,8,12H,7H2,1-3H3. The number of hydrogen-bond donors (Lipinski definition) is 0. The first kappa shape index (κ1) is 14.8. The van der Waals surface area contributed by atoms with Crippen LogP contribution in [0.25, 0.3) is 0 Å². The molecule has 0 saturated carbocycles. The Morgan fingerprint density at radius 1 is 1.22 bits per heavy atom. The molecule has 5 heteroatoms. The molecule has 0 amide bonds. The van der Waals surface area contributed by atoms with Crippen LogP contribution in [0.1, 0.15) is 30.9 Å². The quantitative estimate of drug-likeness (QED) is 0.716. The van der Waals surface area contributed by atoms with Crippen LogP contribution in [0.4, 0.5) is 17.6 Å². The van der Waals surface area contributed by atoms with E-state index < -0.39 is 19.0 Å². The van der Waals surface area contributed by atoms with E-state index in [4.69, 9.17) is 4.74 Å². The summed E-state index contributed by atoms with van der Waals surface area (Å²) in [5.74, 6) is -3.61. The average Bonchev–Trinajstić information content (AvgIpc) is 2.26. The third-order valence-corrected chi connectivity index (χ3v) is 2.61. The van der Waals surface area contributed by atoms with Crippen molar-refractivity contribution < 1.29 is 22.3 Å². The third kappa shape index (κ3) is 3.62. The minimum Gasteiger partial charge on any atom is -0.487 e. The van der Waals surface area contributed by atoms with Crippen molar-refractivity contribution in [3.05, 3.63) is 29.3 Å². The highest BCUT2D eigenvalue weighted by atomic mass is 19.3. The van der Waals surface area contributed by atoms with E-state index in [-0.39, 0.29) is 5.75 Å². The minimum absolute atomic E-state index is 0.208. The monoisotopic (exact) mass is 264 g/mol. The summed E-state index contributed by atoms with van der Waals surface area (Å²) in [6.45, 7) is 4.38. The molecule has 0 unspecified atom stereocenters. The molecule has 0 heterocycles. The van der Waals surface area contributed by atoms with Crippen LogP contribution in [-0.2, 0) is 0 Å². The SMILES string of the molecule is Cc1cc(C(C)C)ccc1OCC(F)(F)C(F)F. The largest absolute Gasteiger partial charge is 0.487 e. The Labute approximate surface area is 104 Å². The molecule has 0 radical (unpaired) electrons. The fraction of sp³-hybridized carbons (Fsp3) is 0.538. The summed E-state index contributed by atoms with van der Waals surface area (Å²) in [7, 11) is 0. The highest BCUT2D eigenvalue weighted by Gasteiger charge is 2.41. The second kappa shape index (κ2) is 5.59. The van der Waals surface area contributed by atoms with E-state index in [0.29, 0.717) is 11.5 Å². The first-order valence-electron chi connectivity index (χ1n) is 5.63. The zero-order valence-corrected chi connectivity index (χ0v) is 10.5. The molecule has 18 heavy (non-hydrogen) atoms. The van der Waals surface area contributed by atoms with E-state index in [1.165, 1.54) is 6.07 Å². The summed E-state index contributed by atoms with van der Waals surface area (Å²) in [6.07, 6.45) is -3.72. The van der Waals surface area contributed by atoms with Gasteiger partial charge in [-0.3, -0.25) is 0 Å². The van der Waals surface area contributed by atoms with Gasteiger partial charge in [-0.05, 0) is 30.0 Å². The van der Waals surface area contributed by atoms with Gasteiger partial charge in [0, 0.05) is 0 Å². The Balaban J connectivity index is 2.75. The van der Waals surface area contributed by atoms with E-state index >= 15 is 0 Å². The van der Waals surface area contributed by atoms with E-state index in [2.05, 4.69) is 0 Å². The lowest BCUT2D eigenvalue weighted by atomic mass is 10.0. The molecule has 1 rings (SSSR count). The van der Waals surface area contributed by atoms with Crippen LogP contribution < -0.4 is 4.74 Å². The predicted octanol–water partition coefficient (Wildman–Crippen LogP) is 4.40. The number of halogens is 4. The van der Waals surface area contributed by atoms with Gasteiger partial charge in [0.2, 0.25) is 0 Å². The van der Waals surface area contributed by atoms with Crippen LogP contribution in [0.2, 0.25) is 0 Å². The number of aryl methyl sites for hydroxylation is 1. The van der Waals surface area contributed by atoms with Crippen molar-refractivity contribution in [3.63, 3.8) is 0 Å². The van der Waals surface area contributed by atoms with E-state index in [9.17, 15) is 17.6 Å². The Bertz CT molecular complexity index is 402. The molecule has 0 aliphatic carbocycles. The lowest BCUT2D eigenvalue weighted by Crippen LogP contribution is -2.33. The summed E-state index contributed by atoms with van der Waals surface area (Å²) >= 11 is 0. The molecular formula is C13H16F4O. The lowest BCUT2D eigenvalue weighted by molar-refractivity contribution is -0.148. The topological polar surface area (TPSA) is 9.23 Å². The summed E-state index contributed by atoms with van der Waals surface area (Å²) < 4.78 is 54.1. The Kier molecular flexibility index (Phi) is 4.59. The maximum atomic E-state index is 12.7. The van der Waals surface area contributed by atoms with Crippen molar-refractivity contribution in [2.24, 2.45) is 0 Å².